The van der Waals surface area contributed by atoms with Gasteiger partial charge >= 0.3 is 0 Å². The fourth-order valence-corrected chi connectivity index (χ4v) is 3.58. The van der Waals surface area contributed by atoms with E-state index < -0.39 is 0 Å². The first-order valence-electron chi connectivity index (χ1n) is 7.88. The fraction of sp³-hybridized carbons (Fsp3) is 0.412. The van der Waals surface area contributed by atoms with Gasteiger partial charge < -0.3 is 9.80 Å². The molecule has 23 heavy (non-hydrogen) atoms. The third kappa shape index (κ3) is 3.54. The van der Waals surface area contributed by atoms with Crippen molar-refractivity contribution >= 4 is 28.1 Å². The number of nitrogens with zero attached hydrogens (tertiary/aromatic N) is 4. The predicted octanol–water partition coefficient (Wildman–Crippen LogP) is 2.32. The average Bonchev–Trinajstić information content (AvgIpc) is 3.15. The first-order valence-corrected chi connectivity index (χ1v) is 8.76. The topological polar surface area (TPSA) is 39.7 Å². The molecule has 122 valence electrons. The first kappa shape index (κ1) is 16.0. The van der Waals surface area contributed by atoms with E-state index in [9.17, 15) is 4.79 Å². The van der Waals surface area contributed by atoms with E-state index in [2.05, 4.69) is 14.8 Å². The zero-order valence-electron chi connectivity index (χ0n) is 13.6. The number of anilines is 2. The van der Waals surface area contributed by atoms with Crippen LogP contribution in [-0.2, 0) is 4.79 Å². The standard InChI is InChI=1S/C17H22N4OS/c1-14(16(22)19(2)15-6-4-3-5-7-15)20-9-11-21(12-10-20)17-18-8-13-23-17/h3-8,13-14H,9-12H2,1-2H3/t14-/m1/s1. The molecular weight excluding hydrogens is 308 g/mol. The molecule has 5 nitrogen and oxygen atoms in total. The van der Waals surface area contributed by atoms with Gasteiger partial charge in [0.05, 0.1) is 6.04 Å². The SMILES string of the molecule is C[C@H](C(=O)N(C)c1ccccc1)N1CCN(c2nccs2)CC1. The molecule has 0 unspecified atom stereocenters. The number of hydrogen-bond donors (Lipinski definition) is 0. The first-order chi connectivity index (χ1) is 11.2. The van der Waals surface area contributed by atoms with Gasteiger partial charge in [0.25, 0.3) is 0 Å². The maximum atomic E-state index is 12.7. The molecule has 1 aliphatic rings. The molecular formula is C17H22N4OS. The summed E-state index contributed by atoms with van der Waals surface area (Å²) in [4.78, 5) is 23.4. The Kier molecular flexibility index (Phi) is 4.93. The number of amides is 1. The van der Waals surface area contributed by atoms with Crippen molar-refractivity contribution in [2.24, 2.45) is 0 Å². The Balaban J connectivity index is 1.58. The van der Waals surface area contributed by atoms with Crippen molar-refractivity contribution < 1.29 is 4.79 Å². The minimum Gasteiger partial charge on any atom is -0.346 e. The third-order valence-electron chi connectivity index (χ3n) is 4.38. The van der Waals surface area contributed by atoms with Crippen molar-refractivity contribution in [2.45, 2.75) is 13.0 Å². The summed E-state index contributed by atoms with van der Waals surface area (Å²) in [5.41, 5.74) is 0.936. The molecule has 1 saturated heterocycles. The summed E-state index contributed by atoms with van der Waals surface area (Å²) in [6, 6.07) is 9.69. The van der Waals surface area contributed by atoms with E-state index in [1.807, 2.05) is 55.9 Å². The maximum Gasteiger partial charge on any atom is 0.243 e. The summed E-state index contributed by atoms with van der Waals surface area (Å²) in [5, 5.41) is 3.08. The van der Waals surface area contributed by atoms with E-state index >= 15 is 0 Å². The molecule has 1 amide bonds. The lowest BCUT2D eigenvalue weighted by Gasteiger charge is -2.38. The van der Waals surface area contributed by atoms with Crippen molar-refractivity contribution in [3.05, 3.63) is 41.9 Å². The van der Waals surface area contributed by atoms with Gasteiger partial charge in [0.1, 0.15) is 0 Å². The van der Waals surface area contributed by atoms with Crippen molar-refractivity contribution in [3.63, 3.8) is 0 Å². The van der Waals surface area contributed by atoms with Crippen LogP contribution in [0.3, 0.4) is 0 Å². The second-order valence-corrected chi connectivity index (χ2v) is 6.62. The zero-order valence-corrected chi connectivity index (χ0v) is 14.4. The molecule has 0 aliphatic carbocycles. The third-order valence-corrected chi connectivity index (χ3v) is 5.22. The molecule has 2 aromatic rings. The van der Waals surface area contributed by atoms with Gasteiger partial charge in [-0.1, -0.05) is 18.2 Å². The Labute approximate surface area is 141 Å². The highest BCUT2D eigenvalue weighted by Crippen LogP contribution is 2.20. The monoisotopic (exact) mass is 330 g/mol. The number of rotatable bonds is 4. The van der Waals surface area contributed by atoms with Crippen LogP contribution < -0.4 is 9.80 Å². The number of benzene rings is 1. The number of aromatic nitrogens is 1. The quantitative estimate of drug-likeness (QED) is 0.862. The Morgan fingerprint density at radius 3 is 2.52 bits per heavy atom. The predicted molar refractivity (Wildman–Crippen MR) is 95.2 cm³/mol. The van der Waals surface area contributed by atoms with Crippen molar-refractivity contribution in [1.29, 1.82) is 0 Å². The van der Waals surface area contributed by atoms with Gasteiger partial charge in [-0.15, -0.1) is 11.3 Å². The molecule has 0 bridgehead atoms. The van der Waals surface area contributed by atoms with E-state index in [1.54, 1.807) is 16.2 Å². The largest absolute Gasteiger partial charge is 0.346 e. The highest BCUT2D eigenvalue weighted by Gasteiger charge is 2.28. The van der Waals surface area contributed by atoms with Crippen LogP contribution in [0.1, 0.15) is 6.92 Å². The van der Waals surface area contributed by atoms with E-state index in [1.165, 1.54) is 0 Å². The Morgan fingerprint density at radius 1 is 1.22 bits per heavy atom. The second-order valence-electron chi connectivity index (χ2n) is 5.75. The van der Waals surface area contributed by atoms with Gasteiger partial charge in [-0.3, -0.25) is 9.69 Å². The average molecular weight is 330 g/mol. The van der Waals surface area contributed by atoms with Gasteiger partial charge in [-0.25, -0.2) is 4.98 Å². The van der Waals surface area contributed by atoms with E-state index in [0.29, 0.717) is 0 Å². The molecule has 3 rings (SSSR count). The minimum atomic E-state index is -0.112. The Bertz CT molecular complexity index is 623. The van der Waals surface area contributed by atoms with Gasteiger partial charge in [0.2, 0.25) is 5.91 Å². The Morgan fingerprint density at radius 2 is 1.91 bits per heavy atom. The molecule has 1 fully saturated rings. The lowest BCUT2D eigenvalue weighted by atomic mass is 10.2. The van der Waals surface area contributed by atoms with Crippen LogP contribution in [0.5, 0.6) is 0 Å². The number of likely N-dealkylation sites (N-methyl/N-ethyl adjacent to an activating group) is 1. The summed E-state index contributed by atoms with van der Waals surface area (Å²) < 4.78 is 0. The van der Waals surface area contributed by atoms with Gasteiger partial charge in [0, 0.05) is 50.5 Å². The summed E-state index contributed by atoms with van der Waals surface area (Å²) in [6.45, 7) is 5.60. The van der Waals surface area contributed by atoms with Gasteiger partial charge in [0.15, 0.2) is 5.13 Å². The maximum absolute atomic E-state index is 12.7. The number of thiazole rings is 1. The molecule has 2 heterocycles. The number of hydrogen-bond acceptors (Lipinski definition) is 5. The number of carbonyl (C=O) groups is 1. The van der Waals surface area contributed by atoms with E-state index in [0.717, 1.165) is 37.0 Å². The van der Waals surface area contributed by atoms with Crippen molar-refractivity contribution in [2.75, 3.05) is 43.0 Å². The number of piperazine rings is 1. The molecule has 0 spiro atoms. The molecule has 0 radical (unpaired) electrons. The molecule has 1 atom stereocenters. The van der Waals surface area contributed by atoms with Gasteiger partial charge in [-0.2, -0.15) is 0 Å². The van der Waals surface area contributed by atoms with Crippen LogP contribution in [0.4, 0.5) is 10.8 Å². The van der Waals surface area contributed by atoms with Crippen LogP contribution in [0.15, 0.2) is 41.9 Å². The van der Waals surface area contributed by atoms with Crippen LogP contribution in [-0.4, -0.2) is 55.1 Å². The van der Waals surface area contributed by atoms with Crippen molar-refractivity contribution in [3.8, 4) is 0 Å². The minimum absolute atomic E-state index is 0.112. The fourth-order valence-electron chi connectivity index (χ4n) is 2.89. The highest BCUT2D eigenvalue weighted by molar-refractivity contribution is 7.13. The smallest absolute Gasteiger partial charge is 0.243 e. The normalized spacial score (nSPS) is 17.0. The van der Waals surface area contributed by atoms with Crippen LogP contribution >= 0.6 is 11.3 Å². The van der Waals surface area contributed by atoms with E-state index in [-0.39, 0.29) is 11.9 Å². The summed E-state index contributed by atoms with van der Waals surface area (Å²) >= 11 is 1.67. The lowest BCUT2D eigenvalue weighted by molar-refractivity contribution is -0.123. The summed E-state index contributed by atoms with van der Waals surface area (Å²) in [6.07, 6.45) is 1.84. The van der Waals surface area contributed by atoms with Gasteiger partial charge in [-0.05, 0) is 19.1 Å². The molecule has 0 N–H and O–H groups in total. The van der Waals surface area contributed by atoms with Crippen LogP contribution in [0, 0.1) is 0 Å². The molecule has 1 aromatic carbocycles. The number of para-hydroxylation sites is 1. The molecule has 1 aliphatic heterocycles. The number of carbonyl (C=O) groups excluding carboxylic acids is 1. The highest BCUT2D eigenvalue weighted by atomic mass is 32.1. The second kappa shape index (κ2) is 7.10. The summed E-state index contributed by atoms with van der Waals surface area (Å²) in [5.74, 6) is 0.138. The van der Waals surface area contributed by atoms with Crippen LogP contribution in [0.25, 0.3) is 0 Å². The van der Waals surface area contributed by atoms with Crippen LogP contribution in [0.2, 0.25) is 0 Å². The Hall–Kier alpha value is -1.92. The molecule has 0 saturated carbocycles. The van der Waals surface area contributed by atoms with E-state index in [4.69, 9.17) is 0 Å². The molecule has 6 heteroatoms. The molecule has 1 aromatic heterocycles. The summed E-state index contributed by atoms with van der Waals surface area (Å²) in [7, 11) is 1.85. The zero-order chi connectivity index (χ0) is 16.2. The van der Waals surface area contributed by atoms with Crippen molar-refractivity contribution in [1.82, 2.24) is 9.88 Å². The lowest BCUT2D eigenvalue weighted by Crippen LogP contribution is -2.54.